The van der Waals surface area contributed by atoms with Crippen LogP contribution in [0.15, 0.2) is 48.5 Å². The van der Waals surface area contributed by atoms with E-state index in [0.717, 1.165) is 43.1 Å². The van der Waals surface area contributed by atoms with Crippen molar-refractivity contribution in [2.75, 3.05) is 7.05 Å². The Bertz CT molecular complexity index is 1030. The average Bonchev–Trinajstić information content (AvgIpc) is 2.76. The number of aromatic nitrogens is 1. The zero-order valence-corrected chi connectivity index (χ0v) is 20.8. The third kappa shape index (κ3) is 5.58. The highest BCUT2D eigenvalue weighted by Gasteiger charge is 2.18. The van der Waals surface area contributed by atoms with Crippen molar-refractivity contribution < 1.29 is 4.74 Å². The first-order valence-electron chi connectivity index (χ1n) is 11.8. The molecule has 0 saturated carbocycles. The van der Waals surface area contributed by atoms with E-state index in [1.807, 2.05) is 0 Å². The average molecular weight is 431 g/mol. The molecule has 0 atom stereocenters. The molecule has 0 saturated heterocycles. The Labute approximate surface area is 194 Å². The van der Waals surface area contributed by atoms with Gasteiger partial charge in [0.25, 0.3) is 0 Å². The molecule has 3 rings (SSSR count). The largest absolute Gasteiger partial charge is 0.491 e. The van der Waals surface area contributed by atoms with E-state index in [1.54, 1.807) is 0 Å². The van der Waals surface area contributed by atoms with Gasteiger partial charge in [-0.2, -0.15) is 0 Å². The lowest BCUT2D eigenvalue weighted by Gasteiger charge is -2.23. The van der Waals surface area contributed by atoms with E-state index in [0.29, 0.717) is 0 Å². The Hall–Kier alpha value is -2.65. The number of ether oxygens (including phenoxy) is 1. The normalized spacial score (nSPS) is 11.4. The third-order valence-electron chi connectivity index (χ3n) is 6.04. The Balaban J connectivity index is 2.01. The molecule has 2 aromatic carbocycles. The predicted molar refractivity (Wildman–Crippen MR) is 135 cm³/mol. The summed E-state index contributed by atoms with van der Waals surface area (Å²) in [4.78, 5) is 7.44. The lowest BCUT2D eigenvalue weighted by atomic mass is 9.94. The van der Waals surface area contributed by atoms with E-state index >= 15 is 0 Å². The van der Waals surface area contributed by atoms with Crippen molar-refractivity contribution in [1.82, 2.24) is 9.88 Å². The highest BCUT2D eigenvalue weighted by molar-refractivity contribution is 5.70. The van der Waals surface area contributed by atoms with Crippen LogP contribution in [0, 0.1) is 13.8 Å². The van der Waals surface area contributed by atoms with E-state index in [2.05, 4.69) is 102 Å². The van der Waals surface area contributed by atoms with Crippen LogP contribution in [-0.4, -0.2) is 23.0 Å². The minimum Gasteiger partial charge on any atom is -0.491 e. The zero-order valence-electron chi connectivity index (χ0n) is 20.8. The topological polar surface area (TPSA) is 25.4 Å². The fourth-order valence-corrected chi connectivity index (χ4v) is 4.33. The Morgan fingerprint density at radius 1 is 0.875 bits per heavy atom. The molecular formula is C29H38N2O. The second kappa shape index (κ2) is 10.8. The third-order valence-corrected chi connectivity index (χ3v) is 6.04. The van der Waals surface area contributed by atoms with Gasteiger partial charge in [0, 0.05) is 36.0 Å². The summed E-state index contributed by atoms with van der Waals surface area (Å²) in [5, 5.41) is 0. The highest BCUT2D eigenvalue weighted by Crippen LogP contribution is 2.34. The van der Waals surface area contributed by atoms with E-state index in [9.17, 15) is 0 Å². The van der Waals surface area contributed by atoms with Crippen LogP contribution < -0.4 is 4.74 Å². The molecule has 0 unspecified atom stereocenters. The first-order valence-corrected chi connectivity index (χ1v) is 11.8. The van der Waals surface area contributed by atoms with Crippen LogP contribution in [0.2, 0.25) is 0 Å². The molecule has 170 valence electrons. The van der Waals surface area contributed by atoms with Crippen molar-refractivity contribution in [2.45, 2.75) is 73.6 Å². The summed E-state index contributed by atoms with van der Waals surface area (Å²) in [7, 11) is 2.17. The fraction of sp³-hybridized carbons (Fsp3) is 0.414. The molecule has 3 aromatic rings. The second-order valence-corrected chi connectivity index (χ2v) is 8.99. The first-order chi connectivity index (χ1) is 15.3. The van der Waals surface area contributed by atoms with Crippen LogP contribution in [0.3, 0.4) is 0 Å². The molecule has 0 fully saturated rings. The standard InChI is InChI=1S/C29H38N2O/c1-8-23-15-12-16-24(9-2)29(23)27-17-28(32-20(3)4)26(22(6)30-27)19-31(7)18-25-14-11-10-13-21(25)5/h10-17,20H,8-9,18-19H2,1-7H3. The lowest BCUT2D eigenvalue weighted by Crippen LogP contribution is -2.20. The number of nitrogens with zero attached hydrogens (tertiary/aromatic N) is 2. The summed E-state index contributed by atoms with van der Waals surface area (Å²) >= 11 is 0. The maximum Gasteiger partial charge on any atom is 0.128 e. The number of aryl methyl sites for hydroxylation is 4. The van der Waals surface area contributed by atoms with E-state index < -0.39 is 0 Å². The smallest absolute Gasteiger partial charge is 0.128 e. The number of rotatable bonds is 9. The van der Waals surface area contributed by atoms with Gasteiger partial charge in [-0.05, 0) is 69.8 Å². The summed E-state index contributed by atoms with van der Waals surface area (Å²) in [6, 6.07) is 17.4. The molecule has 0 radical (unpaired) electrons. The summed E-state index contributed by atoms with van der Waals surface area (Å²) in [6.45, 7) is 14.6. The van der Waals surface area contributed by atoms with Crippen LogP contribution >= 0.6 is 0 Å². The maximum atomic E-state index is 6.34. The minimum absolute atomic E-state index is 0.108. The molecule has 1 heterocycles. The van der Waals surface area contributed by atoms with Gasteiger partial charge in [0.05, 0.1) is 11.8 Å². The molecule has 0 aliphatic carbocycles. The predicted octanol–water partition coefficient (Wildman–Crippen LogP) is 6.91. The van der Waals surface area contributed by atoms with Crippen LogP contribution in [-0.2, 0) is 25.9 Å². The fourth-order valence-electron chi connectivity index (χ4n) is 4.33. The van der Waals surface area contributed by atoms with Crippen LogP contribution in [0.5, 0.6) is 5.75 Å². The summed E-state index contributed by atoms with van der Waals surface area (Å²) < 4.78 is 6.34. The van der Waals surface area contributed by atoms with Crippen molar-refractivity contribution >= 4 is 0 Å². The van der Waals surface area contributed by atoms with Gasteiger partial charge in [0.2, 0.25) is 0 Å². The zero-order chi connectivity index (χ0) is 23.3. The van der Waals surface area contributed by atoms with Crippen LogP contribution in [0.4, 0.5) is 0 Å². The van der Waals surface area contributed by atoms with Gasteiger partial charge in [-0.15, -0.1) is 0 Å². The summed E-state index contributed by atoms with van der Waals surface area (Å²) in [5.74, 6) is 0.951. The van der Waals surface area contributed by atoms with E-state index in [1.165, 1.54) is 33.4 Å². The minimum atomic E-state index is 0.108. The molecular weight excluding hydrogens is 392 g/mol. The number of benzene rings is 2. The molecule has 0 spiro atoms. The van der Waals surface area contributed by atoms with Crippen molar-refractivity contribution in [3.05, 3.63) is 82.0 Å². The molecule has 1 aromatic heterocycles. The number of hydrogen-bond donors (Lipinski definition) is 0. The quantitative estimate of drug-likeness (QED) is 0.369. The number of pyridine rings is 1. The van der Waals surface area contributed by atoms with Crippen molar-refractivity contribution in [2.24, 2.45) is 0 Å². The van der Waals surface area contributed by atoms with Gasteiger partial charge in [-0.25, -0.2) is 0 Å². The summed E-state index contributed by atoms with van der Waals surface area (Å²) in [5.41, 5.74) is 9.88. The number of hydrogen-bond acceptors (Lipinski definition) is 3. The summed E-state index contributed by atoms with van der Waals surface area (Å²) in [6.07, 6.45) is 2.09. The molecule has 3 nitrogen and oxygen atoms in total. The molecule has 3 heteroatoms. The van der Waals surface area contributed by atoms with Crippen molar-refractivity contribution in [3.63, 3.8) is 0 Å². The second-order valence-electron chi connectivity index (χ2n) is 8.99. The highest BCUT2D eigenvalue weighted by atomic mass is 16.5. The van der Waals surface area contributed by atoms with Gasteiger partial charge in [0.15, 0.2) is 0 Å². The molecule has 0 aliphatic heterocycles. The molecule has 0 bridgehead atoms. The van der Waals surface area contributed by atoms with Gasteiger partial charge in [0.1, 0.15) is 5.75 Å². The van der Waals surface area contributed by atoms with Gasteiger partial charge < -0.3 is 4.74 Å². The van der Waals surface area contributed by atoms with Gasteiger partial charge >= 0.3 is 0 Å². The molecule has 0 amide bonds. The van der Waals surface area contributed by atoms with Crippen molar-refractivity contribution in [3.8, 4) is 17.0 Å². The SMILES string of the molecule is CCc1cccc(CC)c1-c1cc(OC(C)C)c(CN(C)Cc2ccccc2C)c(C)n1. The molecule has 32 heavy (non-hydrogen) atoms. The first kappa shape index (κ1) is 24.0. The maximum absolute atomic E-state index is 6.34. The van der Waals surface area contributed by atoms with Crippen molar-refractivity contribution in [1.29, 1.82) is 0 Å². The van der Waals surface area contributed by atoms with Crippen LogP contribution in [0.25, 0.3) is 11.3 Å². The Kier molecular flexibility index (Phi) is 8.09. The van der Waals surface area contributed by atoms with E-state index in [-0.39, 0.29) is 6.10 Å². The lowest BCUT2D eigenvalue weighted by molar-refractivity contribution is 0.232. The van der Waals surface area contributed by atoms with Gasteiger partial charge in [-0.1, -0.05) is 56.3 Å². The van der Waals surface area contributed by atoms with Gasteiger partial charge in [-0.3, -0.25) is 9.88 Å². The Morgan fingerprint density at radius 2 is 1.50 bits per heavy atom. The Morgan fingerprint density at radius 3 is 2.09 bits per heavy atom. The van der Waals surface area contributed by atoms with Crippen LogP contribution in [0.1, 0.15) is 61.2 Å². The molecule has 0 N–H and O–H groups in total. The molecule has 0 aliphatic rings. The monoisotopic (exact) mass is 430 g/mol. The van der Waals surface area contributed by atoms with E-state index in [4.69, 9.17) is 9.72 Å².